The second-order valence-corrected chi connectivity index (χ2v) is 8.74. The molecule has 0 N–H and O–H groups in total. The quantitative estimate of drug-likeness (QED) is 0.347. The summed E-state index contributed by atoms with van der Waals surface area (Å²) in [7, 11) is 0. The fraction of sp³-hybridized carbons (Fsp3) is 0.333. The third-order valence-electron chi connectivity index (χ3n) is 1.34. The Morgan fingerprint density at radius 3 is 2.08 bits per heavy atom. The summed E-state index contributed by atoms with van der Waals surface area (Å²) in [4.78, 5) is 0. The molecule has 0 aliphatic heterocycles. The van der Waals surface area contributed by atoms with Crippen LogP contribution in [0.15, 0.2) is 22.2 Å². The standard InChI is InChI=1S/C6H2Cl4I2/c7-3-1-2-5(9,11)6(10,12)4(3)8/h1-2H. The summed E-state index contributed by atoms with van der Waals surface area (Å²) in [5.41, 5.74) is 0. The molecule has 2 unspecified atom stereocenters. The van der Waals surface area contributed by atoms with Gasteiger partial charge in [0.1, 0.15) is 2.88 Å². The molecule has 68 valence electrons. The van der Waals surface area contributed by atoms with E-state index in [1.807, 2.05) is 45.2 Å². The monoisotopic (exact) mass is 468 g/mol. The highest BCUT2D eigenvalue weighted by Crippen LogP contribution is 2.56. The second-order valence-electron chi connectivity index (χ2n) is 2.19. The zero-order valence-corrected chi connectivity index (χ0v) is 12.8. The molecule has 0 nitrogen and oxygen atoms in total. The van der Waals surface area contributed by atoms with Gasteiger partial charge in [-0.05, 0) is 12.2 Å². The van der Waals surface area contributed by atoms with Gasteiger partial charge < -0.3 is 0 Å². The fourth-order valence-electron chi connectivity index (χ4n) is 0.652. The molecule has 0 spiro atoms. The Kier molecular flexibility index (Phi) is 3.98. The van der Waals surface area contributed by atoms with E-state index in [0.717, 1.165) is 0 Å². The lowest BCUT2D eigenvalue weighted by atomic mass is 10.2. The normalized spacial score (nSPS) is 42.2. The van der Waals surface area contributed by atoms with Gasteiger partial charge in [-0.15, -0.1) is 0 Å². The van der Waals surface area contributed by atoms with Crippen LogP contribution in [0.5, 0.6) is 0 Å². The van der Waals surface area contributed by atoms with E-state index in [4.69, 9.17) is 46.4 Å². The smallest absolute Gasteiger partial charge is 0.0998 e. The molecule has 1 aliphatic carbocycles. The Labute approximate surface area is 118 Å². The van der Waals surface area contributed by atoms with E-state index in [9.17, 15) is 0 Å². The Hall–Kier alpha value is 2.10. The average Bonchev–Trinajstić information content (AvgIpc) is 1.96. The lowest BCUT2D eigenvalue weighted by Crippen LogP contribution is -2.35. The van der Waals surface area contributed by atoms with Crippen LogP contribution in [0.3, 0.4) is 0 Å². The van der Waals surface area contributed by atoms with Crippen molar-refractivity contribution >= 4 is 91.6 Å². The van der Waals surface area contributed by atoms with Crippen molar-refractivity contribution in [2.45, 2.75) is 5.76 Å². The molecule has 6 heteroatoms. The zero-order chi connectivity index (χ0) is 9.57. The van der Waals surface area contributed by atoms with Crippen molar-refractivity contribution in [1.82, 2.24) is 0 Å². The third-order valence-corrected chi connectivity index (χ3v) is 7.88. The molecule has 0 aromatic rings. The predicted molar refractivity (Wildman–Crippen MR) is 73.1 cm³/mol. The van der Waals surface area contributed by atoms with E-state index in [1.54, 1.807) is 12.2 Å². The fourth-order valence-corrected chi connectivity index (χ4v) is 2.73. The molecule has 0 radical (unpaired) electrons. The lowest BCUT2D eigenvalue weighted by molar-refractivity contribution is 0.971. The van der Waals surface area contributed by atoms with E-state index < -0.39 is 5.76 Å². The Bertz CT molecular complexity index is 267. The summed E-state index contributed by atoms with van der Waals surface area (Å²) < 4.78 is -1.61. The van der Waals surface area contributed by atoms with Crippen molar-refractivity contribution in [1.29, 1.82) is 0 Å². The molecule has 1 aliphatic rings. The number of halogens is 6. The molecule has 1 rings (SSSR count). The van der Waals surface area contributed by atoms with Gasteiger partial charge >= 0.3 is 0 Å². The van der Waals surface area contributed by atoms with Crippen LogP contribution in [0.25, 0.3) is 0 Å². The third kappa shape index (κ3) is 2.03. The molecule has 12 heavy (non-hydrogen) atoms. The topological polar surface area (TPSA) is 0 Å². The van der Waals surface area contributed by atoms with Crippen LogP contribution in [-0.4, -0.2) is 5.76 Å². The molecule has 2 atom stereocenters. The van der Waals surface area contributed by atoms with Gasteiger partial charge in [-0.25, -0.2) is 0 Å². The molecular formula is C6H2Cl4I2. The van der Waals surface area contributed by atoms with Crippen molar-refractivity contribution < 1.29 is 0 Å². The first-order chi connectivity index (χ1) is 5.29. The number of alkyl halides is 4. The van der Waals surface area contributed by atoms with E-state index >= 15 is 0 Å². The van der Waals surface area contributed by atoms with Crippen molar-refractivity contribution in [3.05, 3.63) is 22.2 Å². The number of allylic oxidation sites excluding steroid dienone is 4. The molecule has 0 amide bonds. The van der Waals surface area contributed by atoms with E-state index in [0.29, 0.717) is 10.1 Å². The van der Waals surface area contributed by atoms with Crippen LogP contribution in [0.1, 0.15) is 0 Å². The minimum absolute atomic E-state index is 0.373. The van der Waals surface area contributed by atoms with Crippen LogP contribution < -0.4 is 0 Å². The summed E-state index contributed by atoms with van der Waals surface area (Å²) in [5.74, 6) is 0. The lowest BCUT2D eigenvalue weighted by Gasteiger charge is -2.33. The van der Waals surface area contributed by atoms with Crippen molar-refractivity contribution in [2.75, 3.05) is 0 Å². The van der Waals surface area contributed by atoms with Gasteiger partial charge in [-0.1, -0.05) is 91.6 Å². The molecule has 0 bridgehead atoms. The molecule has 0 aromatic carbocycles. The largest absolute Gasteiger partial charge is 0.164 e. The first-order valence-corrected chi connectivity index (χ1v) is 6.46. The minimum Gasteiger partial charge on any atom is -0.0998 e. The number of rotatable bonds is 0. The molecule has 0 saturated heterocycles. The van der Waals surface area contributed by atoms with Gasteiger partial charge in [-0.2, -0.15) is 0 Å². The molecular weight excluding hydrogens is 468 g/mol. The van der Waals surface area contributed by atoms with E-state index in [2.05, 4.69) is 0 Å². The van der Waals surface area contributed by atoms with Gasteiger partial charge in [0.2, 0.25) is 0 Å². The van der Waals surface area contributed by atoms with Crippen LogP contribution in [0, 0.1) is 0 Å². The second kappa shape index (κ2) is 3.93. The van der Waals surface area contributed by atoms with Gasteiger partial charge in [0, 0.05) is 0 Å². The van der Waals surface area contributed by atoms with Crippen LogP contribution in [0.2, 0.25) is 0 Å². The van der Waals surface area contributed by atoms with E-state index in [-0.39, 0.29) is 0 Å². The first-order valence-electron chi connectivity index (χ1n) is 2.79. The highest BCUT2D eigenvalue weighted by molar-refractivity contribution is 14.1. The van der Waals surface area contributed by atoms with Crippen molar-refractivity contribution in [3.8, 4) is 0 Å². The van der Waals surface area contributed by atoms with Crippen molar-refractivity contribution in [2.24, 2.45) is 0 Å². The van der Waals surface area contributed by atoms with Crippen LogP contribution >= 0.6 is 91.6 Å². The highest BCUT2D eigenvalue weighted by Gasteiger charge is 2.49. The first kappa shape index (κ1) is 12.2. The Balaban J connectivity index is 3.21. The van der Waals surface area contributed by atoms with Crippen LogP contribution in [0.4, 0.5) is 0 Å². The van der Waals surface area contributed by atoms with Crippen molar-refractivity contribution in [3.63, 3.8) is 0 Å². The molecule has 0 heterocycles. The maximum Gasteiger partial charge on any atom is 0.164 e. The molecule has 0 saturated carbocycles. The summed E-state index contributed by atoms with van der Waals surface area (Å²) in [6.45, 7) is 0. The summed E-state index contributed by atoms with van der Waals surface area (Å²) in [6, 6.07) is 0. The zero-order valence-electron chi connectivity index (χ0n) is 5.42. The maximum absolute atomic E-state index is 6.13. The van der Waals surface area contributed by atoms with Gasteiger partial charge in [-0.3, -0.25) is 0 Å². The Morgan fingerprint density at radius 2 is 1.67 bits per heavy atom. The van der Waals surface area contributed by atoms with E-state index in [1.165, 1.54) is 0 Å². The SMILES string of the molecule is ClC1=C(Cl)C(Cl)(I)C(Cl)(I)C=C1. The van der Waals surface area contributed by atoms with Gasteiger partial charge in [0.05, 0.1) is 10.1 Å². The van der Waals surface area contributed by atoms with Gasteiger partial charge in [0.15, 0.2) is 2.88 Å². The van der Waals surface area contributed by atoms with Gasteiger partial charge in [0.25, 0.3) is 0 Å². The maximum atomic E-state index is 6.13. The minimum atomic E-state index is -0.875. The van der Waals surface area contributed by atoms with Crippen LogP contribution in [-0.2, 0) is 0 Å². The molecule has 0 fully saturated rings. The summed E-state index contributed by atoms with van der Waals surface area (Å²) in [5, 5.41) is 0.812. The average molecular weight is 470 g/mol. The predicted octanol–water partition coefficient (Wildman–Crippen LogP) is 4.99. The number of hydrogen-bond donors (Lipinski definition) is 0. The summed E-state index contributed by atoms with van der Waals surface area (Å²) in [6.07, 6.45) is 3.38. The Morgan fingerprint density at radius 1 is 1.17 bits per heavy atom. The number of hydrogen-bond acceptors (Lipinski definition) is 0. The molecule has 0 aromatic heterocycles. The highest BCUT2D eigenvalue weighted by atomic mass is 127. The summed E-state index contributed by atoms with van der Waals surface area (Å²) >= 11 is 27.9.